The van der Waals surface area contributed by atoms with Gasteiger partial charge in [0.05, 0.1) is 37.8 Å². The van der Waals surface area contributed by atoms with E-state index >= 15 is 0 Å². The number of fused-ring (bicyclic) bond motifs is 2. The summed E-state index contributed by atoms with van der Waals surface area (Å²) in [7, 11) is 3.03. The van der Waals surface area contributed by atoms with Crippen molar-refractivity contribution in [3.63, 3.8) is 0 Å². The van der Waals surface area contributed by atoms with E-state index in [2.05, 4.69) is 20.6 Å². The van der Waals surface area contributed by atoms with Crippen LogP contribution < -0.4 is 10.6 Å². The van der Waals surface area contributed by atoms with Crippen LogP contribution in [0.3, 0.4) is 0 Å². The molecule has 4 aliphatic rings. The number of rotatable bonds is 12. The van der Waals surface area contributed by atoms with Gasteiger partial charge in [-0.15, -0.1) is 0 Å². The Morgan fingerprint density at radius 2 is 1.00 bits per heavy atom. The summed E-state index contributed by atoms with van der Waals surface area (Å²) in [6.45, 7) is 6.82. The number of amides is 2. The molecule has 4 fully saturated rings. The summed E-state index contributed by atoms with van der Waals surface area (Å²) in [6.07, 6.45) is -1.14. The first-order valence-corrected chi connectivity index (χ1v) is 19.1. The molecule has 12 heteroatoms. The predicted octanol–water partition coefficient (Wildman–Crippen LogP) is 4.59. The number of pyridine rings is 2. The van der Waals surface area contributed by atoms with Gasteiger partial charge in [-0.2, -0.15) is 0 Å². The maximum Gasteiger partial charge on any atom is 0.269 e. The van der Waals surface area contributed by atoms with Crippen molar-refractivity contribution in [2.75, 3.05) is 40.5 Å². The SMILES string of the molecule is CNC(=O)c1cc(C(=O)CC2[C@H]3COC[C@@H]23)cc([C@@H](O)c2cccc(C)c2)n1.CNC(=O)c1cc(C(=O)CC2[C@H]3COC[C@@H]23)cc([C@H](O)c2cccc(C)c2)n1. The van der Waals surface area contributed by atoms with Gasteiger partial charge in [-0.25, -0.2) is 9.97 Å². The number of nitrogens with zero attached hydrogens (tertiary/aromatic N) is 2. The quantitative estimate of drug-likeness (QED) is 0.149. The molecule has 4 N–H and O–H groups in total. The second-order valence-corrected chi connectivity index (χ2v) is 15.4. The van der Waals surface area contributed by atoms with Crippen LogP contribution >= 0.6 is 0 Å². The zero-order valence-corrected chi connectivity index (χ0v) is 32.0. The van der Waals surface area contributed by atoms with E-state index in [9.17, 15) is 29.4 Å². The van der Waals surface area contributed by atoms with Gasteiger partial charge in [0.2, 0.25) is 0 Å². The monoisotopic (exact) mass is 760 g/mol. The fourth-order valence-electron chi connectivity index (χ4n) is 8.20. The first kappa shape index (κ1) is 39.1. The van der Waals surface area contributed by atoms with E-state index in [1.165, 1.54) is 26.2 Å². The Kier molecular flexibility index (Phi) is 11.5. The van der Waals surface area contributed by atoms with E-state index in [0.29, 0.717) is 82.0 Å². The van der Waals surface area contributed by atoms with Gasteiger partial charge in [-0.05, 0) is 84.7 Å². The van der Waals surface area contributed by atoms with Crippen molar-refractivity contribution >= 4 is 23.4 Å². The van der Waals surface area contributed by atoms with Crippen LogP contribution in [0.1, 0.15) is 100 Å². The number of Topliss-reactive ketones (excluding diaryl/α,β-unsaturated/α-hetero) is 2. The lowest BCUT2D eigenvalue weighted by Gasteiger charge is -2.14. The molecule has 8 rings (SSSR count). The average molecular weight is 761 g/mol. The number of nitrogens with one attached hydrogen (secondary N) is 2. The molecule has 2 aliphatic carbocycles. The maximum atomic E-state index is 12.9. The summed E-state index contributed by atoms with van der Waals surface area (Å²) in [5, 5.41) is 26.7. The number of ketones is 2. The molecule has 2 aliphatic heterocycles. The Morgan fingerprint density at radius 1 is 0.625 bits per heavy atom. The number of benzene rings is 2. The molecule has 8 atom stereocenters. The lowest BCUT2D eigenvalue weighted by atomic mass is 9.99. The number of hydrogen-bond donors (Lipinski definition) is 4. The summed E-state index contributed by atoms with van der Waals surface area (Å²) in [5.41, 5.74) is 5.08. The van der Waals surface area contributed by atoms with E-state index in [0.717, 1.165) is 37.6 Å². The number of aromatic nitrogens is 2. The molecule has 56 heavy (non-hydrogen) atoms. The molecular formula is C44H48N4O8. The molecule has 0 spiro atoms. The fourth-order valence-corrected chi connectivity index (χ4v) is 8.20. The fraction of sp³-hybridized carbons (Fsp3) is 0.409. The number of aryl methyl sites for hydroxylation is 2. The molecule has 4 heterocycles. The van der Waals surface area contributed by atoms with Crippen LogP contribution in [0, 0.1) is 49.4 Å². The number of hydrogen-bond acceptors (Lipinski definition) is 10. The standard InChI is InChI=1S/2C22H24N2O4/c2*1-12-4-3-5-13(6-12)21(26)18-7-14(8-19(24-18)22(27)23-2)20(25)9-15-16-10-28-11-17(15)16/h2*3-8,15-17,21,26H,9-11H2,1-2H3,(H,23,27)/t2*15?,16-,17+,21-/m10/s1. The van der Waals surface area contributed by atoms with Gasteiger partial charge in [0.1, 0.15) is 23.6 Å². The molecular weight excluding hydrogens is 713 g/mol. The zero-order valence-electron chi connectivity index (χ0n) is 32.0. The van der Waals surface area contributed by atoms with Crippen molar-refractivity contribution < 1.29 is 38.9 Å². The van der Waals surface area contributed by atoms with Gasteiger partial charge in [-0.3, -0.25) is 19.2 Å². The highest BCUT2D eigenvalue weighted by molar-refractivity contribution is 6.01. The van der Waals surface area contributed by atoms with Crippen LogP contribution in [0.2, 0.25) is 0 Å². The smallest absolute Gasteiger partial charge is 0.269 e. The Bertz CT molecular complexity index is 1980. The van der Waals surface area contributed by atoms with E-state index in [-0.39, 0.29) is 34.8 Å². The molecule has 2 amide bonds. The summed E-state index contributed by atoms with van der Waals surface area (Å²) in [4.78, 5) is 58.7. The number of carbonyl (C=O) groups excluding carboxylic acids is 4. The minimum Gasteiger partial charge on any atom is -0.382 e. The lowest BCUT2D eigenvalue weighted by Crippen LogP contribution is -2.21. The Morgan fingerprint density at radius 3 is 1.34 bits per heavy atom. The molecule has 0 bridgehead atoms. The van der Waals surface area contributed by atoms with Crippen molar-refractivity contribution in [1.82, 2.24) is 20.6 Å². The summed E-state index contributed by atoms with van der Waals surface area (Å²) < 4.78 is 10.8. The molecule has 292 valence electrons. The van der Waals surface area contributed by atoms with Crippen molar-refractivity contribution in [2.45, 2.75) is 38.9 Å². The van der Waals surface area contributed by atoms with Gasteiger partial charge in [0, 0.05) is 38.1 Å². The van der Waals surface area contributed by atoms with Gasteiger partial charge in [-0.1, -0.05) is 59.7 Å². The van der Waals surface area contributed by atoms with Crippen molar-refractivity contribution in [1.29, 1.82) is 0 Å². The minimum atomic E-state index is -1.01. The van der Waals surface area contributed by atoms with Crippen LogP contribution in [0.4, 0.5) is 0 Å². The maximum absolute atomic E-state index is 12.9. The van der Waals surface area contributed by atoms with E-state index < -0.39 is 12.2 Å². The highest BCUT2D eigenvalue weighted by atomic mass is 16.5. The van der Waals surface area contributed by atoms with E-state index in [1.807, 2.05) is 50.2 Å². The minimum absolute atomic E-state index is 0.0235. The topological polar surface area (TPSA) is 177 Å². The number of carbonyl (C=O) groups is 4. The average Bonchev–Trinajstić information content (AvgIpc) is 3.80. The summed E-state index contributed by atoms with van der Waals surface area (Å²) in [6, 6.07) is 21.2. The first-order chi connectivity index (χ1) is 26.9. The number of aliphatic hydroxyl groups excluding tert-OH is 2. The molecule has 2 aromatic carbocycles. The van der Waals surface area contributed by atoms with Gasteiger partial charge < -0.3 is 30.3 Å². The Balaban J connectivity index is 0.000000172. The third-order valence-electron chi connectivity index (χ3n) is 11.6. The molecule has 2 aromatic heterocycles. The highest BCUT2D eigenvalue weighted by Crippen LogP contribution is 2.53. The van der Waals surface area contributed by atoms with Crippen molar-refractivity contribution in [3.8, 4) is 0 Å². The van der Waals surface area contributed by atoms with E-state index in [4.69, 9.17) is 9.47 Å². The summed E-state index contributed by atoms with van der Waals surface area (Å²) >= 11 is 0. The van der Waals surface area contributed by atoms with Crippen molar-refractivity contribution in [3.05, 3.63) is 129 Å². The number of ether oxygens (including phenoxy) is 2. The molecule has 0 radical (unpaired) electrons. The molecule has 2 unspecified atom stereocenters. The Hall–Kier alpha value is -5.14. The van der Waals surface area contributed by atoms with Crippen LogP contribution in [0.15, 0.2) is 72.8 Å². The predicted molar refractivity (Wildman–Crippen MR) is 206 cm³/mol. The first-order valence-electron chi connectivity index (χ1n) is 19.1. The second-order valence-electron chi connectivity index (χ2n) is 15.4. The van der Waals surface area contributed by atoms with Crippen molar-refractivity contribution in [2.24, 2.45) is 35.5 Å². The summed E-state index contributed by atoms with van der Waals surface area (Å²) in [5.74, 6) is 1.86. The lowest BCUT2D eigenvalue weighted by molar-refractivity contribution is 0.0936. The van der Waals surface area contributed by atoms with Gasteiger partial charge >= 0.3 is 0 Å². The Labute approximate surface area is 326 Å². The molecule has 12 nitrogen and oxygen atoms in total. The normalized spacial score (nSPS) is 23.8. The third-order valence-corrected chi connectivity index (χ3v) is 11.6. The van der Waals surface area contributed by atoms with Gasteiger partial charge in [0.15, 0.2) is 11.6 Å². The van der Waals surface area contributed by atoms with Crippen LogP contribution in [-0.2, 0) is 9.47 Å². The second kappa shape index (κ2) is 16.5. The third kappa shape index (κ3) is 8.48. The van der Waals surface area contributed by atoms with E-state index in [1.54, 1.807) is 24.3 Å². The van der Waals surface area contributed by atoms with Crippen LogP contribution in [0.5, 0.6) is 0 Å². The molecule has 4 aromatic rings. The highest BCUT2D eigenvalue weighted by Gasteiger charge is 2.55. The molecule has 2 saturated carbocycles. The zero-order chi connectivity index (χ0) is 39.7. The molecule has 2 saturated heterocycles. The van der Waals surface area contributed by atoms with Crippen LogP contribution in [0.25, 0.3) is 0 Å². The number of aliphatic hydroxyl groups is 2. The largest absolute Gasteiger partial charge is 0.382 e. The van der Waals surface area contributed by atoms with Gasteiger partial charge in [0.25, 0.3) is 11.8 Å². The van der Waals surface area contributed by atoms with Crippen LogP contribution in [-0.4, -0.2) is 84.1 Å².